The van der Waals surface area contributed by atoms with Gasteiger partial charge in [-0.2, -0.15) is 0 Å². The van der Waals surface area contributed by atoms with Gasteiger partial charge in [0.1, 0.15) is 5.01 Å². The van der Waals surface area contributed by atoms with Crippen molar-refractivity contribution in [3.8, 4) is 0 Å². The maximum atomic E-state index is 9.01. The van der Waals surface area contributed by atoms with E-state index >= 15 is 0 Å². The molecule has 0 bridgehead atoms. The molecule has 0 aliphatic heterocycles. The summed E-state index contributed by atoms with van der Waals surface area (Å²) in [5.74, 6) is 0. The molecule has 0 amide bonds. The third-order valence-electron chi connectivity index (χ3n) is 3.05. The normalized spacial score (nSPS) is 12.9. The molecule has 16 heavy (non-hydrogen) atoms. The Morgan fingerprint density at radius 3 is 1.50 bits per heavy atom. The second kappa shape index (κ2) is 13.5. The van der Waals surface area contributed by atoms with Crippen LogP contribution in [-0.4, -0.2) is 10.1 Å². The van der Waals surface area contributed by atoms with Gasteiger partial charge >= 0.3 is 0 Å². The van der Waals surface area contributed by atoms with E-state index in [4.69, 9.17) is 5.11 Å². The van der Waals surface area contributed by atoms with Crippen LogP contribution in [0.3, 0.4) is 0 Å². The number of rotatable bonds is 12. The molecule has 98 valence electrons. The van der Waals surface area contributed by atoms with E-state index in [1.807, 2.05) is 0 Å². The molecular weight excluding hydrogens is 264 g/mol. The molecule has 1 nitrogen and oxygen atoms in total. The molecule has 0 aromatic rings. The zero-order valence-electron chi connectivity index (χ0n) is 10.9. The molecule has 0 aromatic heterocycles. The van der Waals surface area contributed by atoms with Gasteiger partial charge in [0.05, 0.1) is 0 Å². The number of aliphatic hydroxyl groups excluding tert-OH is 1. The first-order valence-corrected chi connectivity index (χ1v) is 8.01. The lowest BCUT2D eigenvalue weighted by Gasteiger charge is -2.03. The van der Waals surface area contributed by atoms with Gasteiger partial charge in [-0.3, -0.25) is 0 Å². The van der Waals surface area contributed by atoms with E-state index in [2.05, 4.69) is 22.9 Å². The second-order valence-corrected chi connectivity index (χ2v) is 5.82. The van der Waals surface area contributed by atoms with Crippen molar-refractivity contribution in [3.63, 3.8) is 0 Å². The summed E-state index contributed by atoms with van der Waals surface area (Å²) >= 11 is 3.15. The highest BCUT2D eigenvalue weighted by Crippen LogP contribution is 2.13. The van der Waals surface area contributed by atoms with Crippen molar-refractivity contribution in [2.75, 3.05) is 0 Å². The van der Waals surface area contributed by atoms with Crippen LogP contribution in [0.1, 0.15) is 84.0 Å². The molecule has 0 aliphatic rings. The van der Waals surface area contributed by atoms with E-state index in [0.29, 0.717) is 0 Å². The van der Waals surface area contributed by atoms with E-state index in [-0.39, 0.29) is 5.01 Å². The van der Waals surface area contributed by atoms with Crippen molar-refractivity contribution in [1.29, 1.82) is 0 Å². The summed E-state index contributed by atoms with van der Waals surface area (Å²) in [4.78, 5) is 0. The van der Waals surface area contributed by atoms with Crippen molar-refractivity contribution >= 4 is 15.9 Å². The van der Waals surface area contributed by atoms with E-state index in [9.17, 15) is 0 Å². The van der Waals surface area contributed by atoms with Crippen LogP contribution in [0.4, 0.5) is 0 Å². The first-order chi connectivity index (χ1) is 7.77. The Morgan fingerprint density at radius 2 is 1.12 bits per heavy atom. The smallest absolute Gasteiger partial charge is 0.109 e. The molecule has 0 radical (unpaired) electrons. The second-order valence-electron chi connectivity index (χ2n) is 4.76. The van der Waals surface area contributed by atoms with Crippen LogP contribution in [-0.2, 0) is 0 Å². The number of halogens is 1. The number of aliphatic hydroxyl groups is 1. The first kappa shape index (κ1) is 16.4. The topological polar surface area (TPSA) is 20.2 Å². The van der Waals surface area contributed by atoms with Crippen molar-refractivity contribution in [2.45, 2.75) is 89.0 Å². The minimum atomic E-state index is -0.286. The highest BCUT2D eigenvalue weighted by molar-refractivity contribution is 9.09. The largest absolute Gasteiger partial charge is 0.382 e. The number of alkyl halides is 1. The molecule has 0 fully saturated rings. The number of hydrogen-bond acceptors (Lipinski definition) is 1. The Bertz CT molecular complexity index is 126. The summed E-state index contributed by atoms with van der Waals surface area (Å²) in [6.07, 6.45) is 15.9. The van der Waals surface area contributed by atoms with Crippen LogP contribution >= 0.6 is 15.9 Å². The molecule has 1 unspecified atom stereocenters. The van der Waals surface area contributed by atoms with Crippen LogP contribution in [0.5, 0.6) is 0 Å². The van der Waals surface area contributed by atoms with Gasteiger partial charge in [0.25, 0.3) is 0 Å². The molecular formula is C14H29BrO. The van der Waals surface area contributed by atoms with Crippen LogP contribution < -0.4 is 0 Å². The van der Waals surface area contributed by atoms with Gasteiger partial charge in [-0.15, -0.1) is 0 Å². The van der Waals surface area contributed by atoms with E-state index in [1.54, 1.807) is 0 Å². The average molecular weight is 293 g/mol. The van der Waals surface area contributed by atoms with Crippen LogP contribution in [0.15, 0.2) is 0 Å². The molecule has 0 heterocycles. The fourth-order valence-electron chi connectivity index (χ4n) is 1.98. The zero-order chi connectivity index (χ0) is 12.1. The van der Waals surface area contributed by atoms with Gasteiger partial charge in [0.15, 0.2) is 0 Å². The quantitative estimate of drug-likeness (QED) is 0.377. The molecule has 0 spiro atoms. The SMILES string of the molecule is CCCCCCCCCCCCCC(O)Br. The van der Waals surface area contributed by atoms with Crippen molar-refractivity contribution < 1.29 is 5.11 Å². The minimum Gasteiger partial charge on any atom is -0.382 e. The first-order valence-electron chi connectivity index (χ1n) is 7.09. The van der Waals surface area contributed by atoms with Gasteiger partial charge in [-0.05, 0) is 12.8 Å². The fraction of sp³-hybridized carbons (Fsp3) is 1.00. The van der Waals surface area contributed by atoms with Crippen LogP contribution in [0.25, 0.3) is 0 Å². The van der Waals surface area contributed by atoms with Crippen LogP contribution in [0.2, 0.25) is 0 Å². The van der Waals surface area contributed by atoms with Crippen LogP contribution in [0, 0.1) is 0 Å². The molecule has 0 saturated carbocycles. The minimum absolute atomic E-state index is 0.286. The Balaban J connectivity index is 2.88. The summed E-state index contributed by atoms with van der Waals surface area (Å²) in [6, 6.07) is 0. The predicted octanol–water partition coefficient (Wildman–Crippen LogP) is 5.40. The lowest BCUT2D eigenvalue weighted by Crippen LogP contribution is -1.93. The number of hydrogen-bond donors (Lipinski definition) is 1. The molecule has 0 saturated heterocycles. The van der Waals surface area contributed by atoms with Crippen molar-refractivity contribution in [3.05, 3.63) is 0 Å². The Hall–Kier alpha value is 0.440. The Morgan fingerprint density at radius 1 is 0.750 bits per heavy atom. The maximum absolute atomic E-state index is 9.01. The Kier molecular flexibility index (Phi) is 13.9. The Labute approximate surface area is 110 Å². The highest BCUT2D eigenvalue weighted by Gasteiger charge is 1.97. The summed E-state index contributed by atoms with van der Waals surface area (Å²) in [5, 5.41) is 8.73. The predicted molar refractivity (Wildman–Crippen MR) is 76.0 cm³/mol. The third-order valence-corrected chi connectivity index (χ3v) is 3.50. The standard InChI is InChI=1S/C14H29BrO/c1-2-3-4-5-6-7-8-9-10-11-12-13-14(15)16/h14,16H,2-13H2,1H3. The third kappa shape index (κ3) is 14.4. The molecule has 0 aliphatic carbocycles. The zero-order valence-corrected chi connectivity index (χ0v) is 12.5. The summed E-state index contributed by atoms with van der Waals surface area (Å²) < 4.78 is 0. The fourth-order valence-corrected chi connectivity index (χ4v) is 2.30. The molecule has 0 rings (SSSR count). The molecule has 2 heteroatoms. The van der Waals surface area contributed by atoms with Gasteiger partial charge in [0.2, 0.25) is 0 Å². The highest BCUT2D eigenvalue weighted by atomic mass is 79.9. The van der Waals surface area contributed by atoms with Crippen molar-refractivity contribution in [1.82, 2.24) is 0 Å². The lowest BCUT2D eigenvalue weighted by atomic mass is 10.1. The van der Waals surface area contributed by atoms with Gasteiger partial charge in [-0.1, -0.05) is 87.1 Å². The molecule has 1 N–H and O–H groups in total. The lowest BCUT2D eigenvalue weighted by molar-refractivity contribution is 0.254. The molecule has 0 aromatic carbocycles. The van der Waals surface area contributed by atoms with E-state index in [1.165, 1.54) is 64.2 Å². The monoisotopic (exact) mass is 292 g/mol. The van der Waals surface area contributed by atoms with Crippen molar-refractivity contribution in [2.24, 2.45) is 0 Å². The average Bonchev–Trinajstić information content (AvgIpc) is 2.25. The molecule has 1 atom stereocenters. The summed E-state index contributed by atoms with van der Waals surface area (Å²) in [5.41, 5.74) is 0. The summed E-state index contributed by atoms with van der Waals surface area (Å²) in [6.45, 7) is 2.27. The van der Waals surface area contributed by atoms with Gasteiger partial charge < -0.3 is 5.11 Å². The van der Waals surface area contributed by atoms with Gasteiger partial charge in [-0.25, -0.2) is 0 Å². The van der Waals surface area contributed by atoms with E-state index in [0.717, 1.165) is 12.8 Å². The van der Waals surface area contributed by atoms with Gasteiger partial charge in [0, 0.05) is 0 Å². The number of unbranched alkanes of at least 4 members (excludes halogenated alkanes) is 10. The maximum Gasteiger partial charge on any atom is 0.109 e. The summed E-state index contributed by atoms with van der Waals surface area (Å²) in [7, 11) is 0. The van der Waals surface area contributed by atoms with E-state index < -0.39 is 0 Å².